The van der Waals surface area contributed by atoms with E-state index in [-0.39, 0.29) is 5.91 Å². The van der Waals surface area contributed by atoms with Gasteiger partial charge >= 0.3 is 5.97 Å². The first-order chi connectivity index (χ1) is 9.63. The summed E-state index contributed by atoms with van der Waals surface area (Å²) in [5.74, 6) is -0.848. The topological polar surface area (TPSA) is 69.6 Å². The predicted octanol–water partition coefficient (Wildman–Crippen LogP) is 1.42. The SMILES string of the molecule is O=C(CN1CCCc2cc(C(=O)O)ccc21)NC1CC1. The number of benzene rings is 1. The molecule has 1 amide bonds. The second-order valence-corrected chi connectivity index (χ2v) is 5.52. The summed E-state index contributed by atoms with van der Waals surface area (Å²) in [7, 11) is 0. The van der Waals surface area contributed by atoms with Crippen molar-refractivity contribution < 1.29 is 14.7 Å². The molecule has 106 valence electrons. The number of fused-ring (bicyclic) bond motifs is 1. The van der Waals surface area contributed by atoms with E-state index in [4.69, 9.17) is 5.11 Å². The van der Waals surface area contributed by atoms with Gasteiger partial charge in [0.15, 0.2) is 0 Å². The van der Waals surface area contributed by atoms with E-state index < -0.39 is 5.97 Å². The fraction of sp³-hybridized carbons (Fsp3) is 0.467. The van der Waals surface area contributed by atoms with E-state index in [0.29, 0.717) is 18.2 Å². The number of anilines is 1. The van der Waals surface area contributed by atoms with Gasteiger partial charge in [-0.2, -0.15) is 0 Å². The van der Waals surface area contributed by atoms with Crippen LogP contribution in [0.1, 0.15) is 35.2 Å². The first-order valence-corrected chi connectivity index (χ1v) is 7.04. The monoisotopic (exact) mass is 274 g/mol. The summed E-state index contributed by atoms with van der Waals surface area (Å²) in [4.78, 5) is 24.9. The third-order valence-corrected chi connectivity index (χ3v) is 3.82. The summed E-state index contributed by atoms with van der Waals surface area (Å²) in [6.07, 6.45) is 4.00. The lowest BCUT2D eigenvalue weighted by atomic mass is 9.99. The molecule has 0 radical (unpaired) electrons. The summed E-state index contributed by atoms with van der Waals surface area (Å²) in [6, 6.07) is 5.53. The van der Waals surface area contributed by atoms with Gasteiger partial charge < -0.3 is 15.3 Å². The van der Waals surface area contributed by atoms with E-state index in [2.05, 4.69) is 5.32 Å². The van der Waals surface area contributed by atoms with Crippen LogP contribution in [0.25, 0.3) is 0 Å². The minimum Gasteiger partial charge on any atom is -0.478 e. The Labute approximate surface area is 117 Å². The molecule has 2 N–H and O–H groups in total. The molecule has 1 aromatic rings. The number of aromatic carboxylic acids is 1. The van der Waals surface area contributed by atoms with Crippen LogP contribution in [-0.4, -0.2) is 36.1 Å². The fourth-order valence-corrected chi connectivity index (χ4v) is 2.65. The average Bonchev–Trinajstić information content (AvgIpc) is 3.22. The van der Waals surface area contributed by atoms with Crippen molar-refractivity contribution in [3.8, 4) is 0 Å². The zero-order valence-corrected chi connectivity index (χ0v) is 11.3. The van der Waals surface area contributed by atoms with Crippen LogP contribution < -0.4 is 10.2 Å². The number of carboxylic acid groups (broad SMARTS) is 1. The normalized spacial score (nSPS) is 17.5. The molecule has 1 saturated carbocycles. The summed E-state index contributed by atoms with van der Waals surface area (Å²) >= 11 is 0. The van der Waals surface area contributed by atoms with Gasteiger partial charge in [0.25, 0.3) is 0 Å². The number of carbonyl (C=O) groups excluding carboxylic acids is 1. The van der Waals surface area contributed by atoms with E-state index in [1.54, 1.807) is 12.1 Å². The minimum atomic E-state index is -0.906. The van der Waals surface area contributed by atoms with Crippen LogP contribution in [0.15, 0.2) is 18.2 Å². The van der Waals surface area contributed by atoms with Crippen LogP contribution in [0.3, 0.4) is 0 Å². The van der Waals surface area contributed by atoms with Crippen molar-refractivity contribution in [3.63, 3.8) is 0 Å². The van der Waals surface area contributed by atoms with Crippen LogP contribution in [0.4, 0.5) is 5.69 Å². The van der Waals surface area contributed by atoms with Gasteiger partial charge in [0, 0.05) is 18.3 Å². The highest BCUT2D eigenvalue weighted by Gasteiger charge is 2.25. The van der Waals surface area contributed by atoms with Crippen molar-refractivity contribution in [1.29, 1.82) is 0 Å². The number of rotatable bonds is 4. The molecule has 3 rings (SSSR count). The van der Waals surface area contributed by atoms with Crippen molar-refractivity contribution in [2.45, 2.75) is 31.7 Å². The number of nitrogens with one attached hydrogen (secondary N) is 1. The van der Waals surface area contributed by atoms with E-state index >= 15 is 0 Å². The molecule has 20 heavy (non-hydrogen) atoms. The van der Waals surface area contributed by atoms with E-state index in [1.807, 2.05) is 11.0 Å². The van der Waals surface area contributed by atoms with Crippen molar-refractivity contribution >= 4 is 17.6 Å². The number of aryl methyl sites for hydroxylation is 1. The molecular formula is C15H18N2O3. The zero-order valence-electron chi connectivity index (χ0n) is 11.3. The Morgan fingerprint density at radius 3 is 2.85 bits per heavy atom. The molecule has 1 aliphatic heterocycles. The van der Waals surface area contributed by atoms with Gasteiger partial charge in [-0.15, -0.1) is 0 Å². The standard InChI is InChI=1S/C15H18N2O3/c18-14(16-12-4-5-12)9-17-7-1-2-10-8-11(15(19)20)3-6-13(10)17/h3,6,8,12H,1-2,4-5,7,9H2,(H,16,18)(H,19,20). The third-order valence-electron chi connectivity index (χ3n) is 3.82. The number of carbonyl (C=O) groups is 2. The highest BCUT2D eigenvalue weighted by molar-refractivity contribution is 5.89. The third kappa shape index (κ3) is 2.76. The molecule has 1 aromatic carbocycles. The summed E-state index contributed by atoms with van der Waals surface area (Å²) in [5.41, 5.74) is 2.33. The number of hydrogen-bond donors (Lipinski definition) is 2. The second-order valence-electron chi connectivity index (χ2n) is 5.52. The van der Waals surface area contributed by atoms with Gasteiger partial charge in [0.1, 0.15) is 0 Å². The molecule has 2 aliphatic rings. The van der Waals surface area contributed by atoms with Crippen molar-refractivity contribution in [1.82, 2.24) is 5.32 Å². The Bertz CT molecular complexity index is 552. The first-order valence-electron chi connectivity index (χ1n) is 7.04. The zero-order chi connectivity index (χ0) is 14.1. The van der Waals surface area contributed by atoms with Gasteiger partial charge in [-0.25, -0.2) is 4.79 Å². The number of hydrogen-bond acceptors (Lipinski definition) is 3. The van der Waals surface area contributed by atoms with Crippen LogP contribution in [-0.2, 0) is 11.2 Å². The molecule has 5 nitrogen and oxygen atoms in total. The molecule has 0 saturated heterocycles. The summed E-state index contributed by atoms with van der Waals surface area (Å²) in [6.45, 7) is 1.20. The second kappa shape index (κ2) is 5.15. The molecule has 0 unspecified atom stereocenters. The van der Waals surface area contributed by atoms with Gasteiger partial charge in [0.2, 0.25) is 5.91 Å². The van der Waals surface area contributed by atoms with Crippen LogP contribution in [0, 0.1) is 0 Å². The Morgan fingerprint density at radius 1 is 1.35 bits per heavy atom. The molecule has 5 heteroatoms. The smallest absolute Gasteiger partial charge is 0.335 e. The molecule has 1 aliphatic carbocycles. The van der Waals surface area contributed by atoms with Crippen molar-refractivity contribution in [2.75, 3.05) is 18.0 Å². The molecule has 1 heterocycles. The minimum absolute atomic E-state index is 0.0580. The highest BCUT2D eigenvalue weighted by atomic mass is 16.4. The largest absolute Gasteiger partial charge is 0.478 e. The van der Waals surface area contributed by atoms with Crippen molar-refractivity contribution in [3.05, 3.63) is 29.3 Å². The lowest BCUT2D eigenvalue weighted by Gasteiger charge is -2.31. The maximum absolute atomic E-state index is 11.9. The van der Waals surface area contributed by atoms with E-state index in [9.17, 15) is 9.59 Å². The molecule has 0 atom stereocenters. The summed E-state index contributed by atoms with van der Waals surface area (Å²) < 4.78 is 0. The fourth-order valence-electron chi connectivity index (χ4n) is 2.65. The highest BCUT2D eigenvalue weighted by Crippen LogP contribution is 2.28. The van der Waals surface area contributed by atoms with Gasteiger partial charge in [-0.05, 0) is 49.4 Å². The molecule has 0 aromatic heterocycles. The van der Waals surface area contributed by atoms with Crippen LogP contribution in [0.5, 0.6) is 0 Å². The Kier molecular flexibility index (Phi) is 3.34. The number of amides is 1. The van der Waals surface area contributed by atoms with Crippen molar-refractivity contribution in [2.24, 2.45) is 0 Å². The molecule has 0 spiro atoms. The first kappa shape index (κ1) is 13.0. The Hall–Kier alpha value is -2.04. The summed E-state index contributed by atoms with van der Waals surface area (Å²) in [5, 5.41) is 12.0. The maximum atomic E-state index is 11.9. The lowest BCUT2D eigenvalue weighted by molar-refractivity contribution is -0.119. The molecular weight excluding hydrogens is 256 g/mol. The molecule has 0 bridgehead atoms. The Balaban J connectivity index is 1.75. The van der Waals surface area contributed by atoms with Gasteiger partial charge in [-0.1, -0.05) is 0 Å². The van der Waals surface area contributed by atoms with Crippen LogP contribution in [0.2, 0.25) is 0 Å². The average molecular weight is 274 g/mol. The van der Waals surface area contributed by atoms with E-state index in [0.717, 1.165) is 43.5 Å². The lowest BCUT2D eigenvalue weighted by Crippen LogP contribution is -2.40. The number of carboxylic acids is 1. The quantitative estimate of drug-likeness (QED) is 0.871. The number of nitrogens with zero attached hydrogens (tertiary/aromatic N) is 1. The van der Waals surface area contributed by atoms with E-state index in [1.165, 1.54) is 0 Å². The predicted molar refractivity (Wildman–Crippen MR) is 75.1 cm³/mol. The molecule has 1 fully saturated rings. The van der Waals surface area contributed by atoms with Crippen LogP contribution >= 0.6 is 0 Å². The van der Waals surface area contributed by atoms with Gasteiger partial charge in [0.05, 0.1) is 12.1 Å². The van der Waals surface area contributed by atoms with Gasteiger partial charge in [-0.3, -0.25) is 4.79 Å². The Morgan fingerprint density at radius 2 is 2.15 bits per heavy atom. The maximum Gasteiger partial charge on any atom is 0.335 e.